The highest BCUT2D eigenvalue weighted by atomic mass is 32.1. The van der Waals surface area contributed by atoms with Crippen LogP contribution in [0.4, 0.5) is 0 Å². The predicted molar refractivity (Wildman–Crippen MR) is 66.9 cm³/mol. The maximum Gasteiger partial charge on any atom is 0.308 e. The third kappa shape index (κ3) is 3.26. The average Bonchev–Trinajstić information content (AvgIpc) is 2.75. The Hall–Kier alpha value is -0.940. The molecular formula is C12H18N2O2S. The van der Waals surface area contributed by atoms with Crippen molar-refractivity contribution in [2.75, 3.05) is 20.2 Å². The van der Waals surface area contributed by atoms with E-state index in [1.165, 1.54) is 12.0 Å². The molecule has 4 nitrogen and oxygen atoms in total. The quantitative estimate of drug-likeness (QED) is 0.772. The average molecular weight is 254 g/mol. The number of hydrogen-bond donors (Lipinski definition) is 0. The van der Waals surface area contributed by atoms with Gasteiger partial charge in [0.15, 0.2) is 0 Å². The first-order valence-corrected chi connectivity index (χ1v) is 6.72. The van der Waals surface area contributed by atoms with Gasteiger partial charge in [-0.15, -0.1) is 11.3 Å². The van der Waals surface area contributed by atoms with E-state index in [2.05, 4.69) is 9.88 Å². The summed E-state index contributed by atoms with van der Waals surface area (Å²) in [6, 6.07) is 0. The molecule has 0 saturated carbocycles. The molecule has 0 radical (unpaired) electrons. The SMILES string of the molecule is COC(=O)C1CCN(Cc2cnc(C)s2)CC1. The van der Waals surface area contributed by atoms with Crippen molar-refractivity contribution in [1.82, 2.24) is 9.88 Å². The Morgan fingerprint density at radius 1 is 1.59 bits per heavy atom. The zero-order valence-corrected chi connectivity index (χ0v) is 11.1. The summed E-state index contributed by atoms with van der Waals surface area (Å²) < 4.78 is 4.78. The van der Waals surface area contributed by atoms with Gasteiger partial charge in [-0.1, -0.05) is 0 Å². The number of likely N-dealkylation sites (tertiary alicyclic amines) is 1. The lowest BCUT2D eigenvalue weighted by molar-refractivity contribution is -0.147. The van der Waals surface area contributed by atoms with Crippen LogP contribution in [-0.2, 0) is 16.1 Å². The van der Waals surface area contributed by atoms with Gasteiger partial charge in [-0.05, 0) is 32.9 Å². The van der Waals surface area contributed by atoms with Crippen molar-refractivity contribution >= 4 is 17.3 Å². The number of nitrogens with zero attached hydrogens (tertiary/aromatic N) is 2. The van der Waals surface area contributed by atoms with Crippen LogP contribution >= 0.6 is 11.3 Å². The zero-order valence-electron chi connectivity index (χ0n) is 10.3. The molecule has 1 fully saturated rings. The number of esters is 1. The molecule has 1 aliphatic heterocycles. The summed E-state index contributed by atoms with van der Waals surface area (Å²) >= 11 is 1.75. The maximum atomic E-state index is 11.4. The minimum atomic E-state index is -0.0571. The standard InChI is InChI=1S/C12H18N2O2S/c1-9-13-7-11(17-9)8-14-5-3-10(4-6-14)12(15)16-2/h7,10H,3-6,8H2,1-2H3. The second-order valence-electron chi connectivity index (χ2n) is 4.42. The Kier molecular flexibility index (Phi) is 4.12. The zero-order chi connectivity index (χ0) is 12.3. The summed E-state index contributed by atoms with van der Waals surface area (Å²) in [4.78, 5) is 19.3. The fraction of sp³-hybridized carbons (Fsp3) is 0.667. The van der Waals surface area contributed by atoms with Gasteiger partial charge in [0.1, 0.15) is 0 Å². The number of carbonyl (C=O) groups excluding carboxylic acids is 1. The number of aryl methyl sites for hydroxylation is 1. The highest BCUT2D eigenvalue weighted by Crippen LogP contribution is 2.21. The van der Waals surface area contributed by atoms with E-state index in [-0.39, 0.29) is 11.9 Å². The molecule has 1 saturated heterocycles. The highest BCUT2D eigenvalue weighted by Gasteiger charge is 2.25. The summed E-state index contributed by atoms with van der Waals surface area (Å²) in [6.45, 7) is 4.92. The fourth-order valence-electron chi connectivity index (χ4n) is 2.19. The molecule has 2 heterocycles. The smallest absolute Gasteiger partial charge is 0.308 e. The normalized spacial score (nSPS) is 18.2. The number of aromatic nitrogens is 1. The first-order valence-electron chi connectivity index (χ1n) is 5.90. The Morgan fingerprint density at radius 3 is 2.82 bits per heavy atom. The van der Waals surface area contributed by atoms with E-state index in [0.717, 1.165) is 37.5 Å². The fourth-order valence-corrected chi connectivity index (χ4v) is 3.03. The lowest BCUT2D eigenvalue weighted by Crippen LogP contribution is -2.36. The molecule has 5 heteroatoms. The van der Waals surface area contributed by atoms with Crippen LogP contribution in [0.2, 0.25) is 0 Å². The maximum absolute atomic E-state index is 11.4. The van der Waals surface area contributed by atoms with Crippen LogP contribution < -0.4 is 0 Å². The van der Waals surface area contributed by atoms with Gasteiger partial charge in [-0.25, -0.2) is 4.98 Å². The summed E-state index contributed by atoms with van der Waals surface area (Å²) in [5.74, 6) is 0.0396. The molecule has 0 atom stereocenters. The van der Waals surface area contributed by atoms with Crippen LogP contribution in [0.25, 0.3) is 0 Å². The van der Waals surface area contributed by atoms with Gasteiger partial charge in [0, 0.05) is 17.6 Å². The molecule has 0 aliphatic carbocycles. The molecule has 2 rings (SSSR count). The van der Waals surface area contributed by atoms with Gasteiger partial charge in [0.2, 0.25) is 0 Å². The molecule has 1 aliphatic rings. The van der Waals surface area contributed by atoms with E-state index in [4.69, 9.17) is 4.74 Å². The van der Waals surface area contributed by atoms with Gasteiger partial charge in [-0.3, -0.25) is 9.69 Å². The summed E-state index contributed by atoms with van der Waals surface area (Å²) in [7, 11) is 1.47. The first-order chi connectivity index (χ1) is 8.19. The van der Waals surface area contributed by atoms with Crippen LogP contribution in [0.15, 0.2) is 6.20 Å². The number of thiazole rings is 1. The van der Waals surface area contributed by atoms with E-state index in [1.807, 2.05) is 13.1 Å². The lowest BCUT2D eigenvalue weighted by Gasteiger charge is -2.30. The Labute approximate surface area is 106 Å². The minimum absolute atomic E-state index is 0.0571. The summed E-state index contributed by atoms with van der Waals surface area (Å²) in [5.41, 5.74) is 0. The van der Waals surface area contributed by atoms with Gasteiger partial charge >= 0.3 is 5.97 Å². The first kappa shape index (κ1) is 12.5. The Bertz CT molecular complexity index is 384. The molecule has 0 amide bonds. The number of rotatable bonds is 3. The third-order valence-electron chi connectivity index (χ3n) is 3.17. The number of hydrogen-bond acceptors (Lipinski definition) is 5. The second-order valence-corrected chi connectivity index (χ2v) is 5.74. The van der Waals surface area contributed by atoms with Crippen molar-refractivity contribution in [3.63, 3.8) is 0 Å². The van der Waals surface area contributed by atoms with Crippen LogP contribution in [0.5, 0.6) is 0 Å². The molecule has 0 spiro atoms. The third-order valence-corrected chi connectivity index (χ3v) is 4.07. The van der Waals surface area contributed by atoms with Crippen LogP contribution in [0.3, 0.4) is 0 Å². The van der Waals surface area contributed by atoms with Crippen molar-refractivity contribution in [1.29, 1.82) is 0 Å². The van der Waals surface area contributed by atoms with Crippen molar-refractivity contribution in [3.8, 4) is 0 Å². The molecule has 1 aromatic rings. The van der Waals surface area contributed by atoms with E-state index in [1.54, 1.807) is 11.3 Å². The van der Waals surface area contributed by atoms with E-state index in [0.29, 0.717) is 0 Å². The van der Waals surface area contributed by atoms with Crippen LogP contribution in [0.1, 0.15) is 22.7 Å². The second kappa shape index (κ2) is 5.60. The van der Waals surface area contributed by atoms with E-state index < -0.39 is 0 Å². The van der Waals surface area contributed by atoms with Crippen molar-refractivity contribution in [2.45, 2.75) is 26.3 Å². The molecule has 0 unspecified atom stereocenters. The highest BCUT2D eigenvalue weighted by molar-refractivity contribution is 7.11. The number of piperidine rings is 1. The molecule has 94 valence electrons. The van der Waals surface area contributed by atoms with Gasteiger partial charge in [0.05, 0.1) is 18.0 Å². The van der Waals surface area contributed by atoms with Crippen LogP contribution in [-0.4, -0.2) is 36.1 Å². The van der Waals surface area contributed by atoms with Crippen molar-refractivity contribution < 1.29 is 9.53 Å². The number of carbonyl (C=O) groups is 1. The molecular weight excluding hydrogens is 236 g/mol. The molecule has 0 aromatic carbocycles. The molecule has 0 N–H and O–H groups in total. The number of methoxy groups -OCH3 is 1. The van der Waals surface area contributed by atoms with Crippen molar-refractivity contribution in [2.24, 2.45) is 5.92 Å². The number of ether oxygens (including phenoxy) is 1. The van der Waals surface area contributed by atoms with Gasteiger partial charge in [0.25, 0.3) is 0 Å². The minimum Gasteiger partial charge on any atom is -0.469 e. The Balaban J connectivity index is 1.81. The summed E-state index contributed by atoms with van der Waals surface area (Å²) in [6.07, 6.45) is 3.77. The summed E-state index contributed by atoms with van der Waals surface area (Å²) in [5, 5.41) is 1.12. The van der Waals surface area contributed by atoms with Gasteiger partial charge in [-0.2, -0.15) is 0 Å². The Morgan fingerprint density at radius 2 is 2.29 bits per heavy atom. The lowest BCUT2D eigenvalue weighted by atomic mass is 9.97. The molecule has 0 bridgehead atoms. The monoisotopic (exact) mass is 254 g/mol. The molecule has 1 aromatic heterocycles. The topological polar surface area (TPSA) is 42.4 Å². The molecule has 17 heavy (non-hydrogen) atoms. The van der Waals surface area contributed by atoms with Crippen LogP contribution in [0, 0.1) is 12.8 Å². The van der Waals surface area contributed by atoms with Crippen molar-refractivity contribution in [3.05, 3.63) is 16.1 Å². The largest absolute Gasteiger partial charge is 0.469 e. The predicted octanol–water partition coefficient (Wildman–Crippen LogP) is 1.84. The van der Waals surface area contributed by atoms with E-state index in [9.17, 15) is 4.79 Å². The van der Waals surface area contributed by atoms with E-state index >= 15 is 0 Å². The van der Waals surface area contributed by atoms with Gasteiger partial charge < -0.3 is 4.74 Å².